The van der Waals surface area contributed by atoms with E-state index in [4.69, 9.17) is 4.74 Å². The Hall–Kier alpha value is -3.88. The van der Waals surface area contributed by atoms with Crippen molar-refractivity contribution >= 4 is 38.7 Å². The number of carbonyl (C=O) groups excluding carboxylic acids is 3. The number of hydrogen-bond donors (Lipinski definition) is 3. The Bertz CT molecular complexity index is 1480. The molecule has 0 radical (unpaired) electrons. The van der Waals surface area contributed by atoms with Gasteiger partial charge < -0.3 is 15.4 Å². The Morgan fingerprint density at radius 3 is 2.12 bits per heavy atom. The van der Waals surface area contributed by atoms with Gasteiger partial charge in [0.2, 0.25) is 21.8 Å². The van der Waals surface area contributed by atoms with Crippen LogP contribution in [0, 0.1) is 6.92 Å². The first-order valence-electron chi connectivity index (χ1n) is 13.0. The van der Waals surface area contributed by atoms with Crippen LogP contribution in [0.25, 0.3) is 0 Å². The molecule has 2 amide bonds. The molecule has 0 heterocycles. The molecule has 43 heavy (non-hydrogen) atoms. The number of nitrogens with one attached hydrogen (secondary N) is 3. The molecule has 1 unspecified atom stereocenters. The highest BCUT2D eigenvalue weighted by Gasteiger charge is 2.39. The number of thioether (sulfide) groups is 1. The number of rotatable bonds is 14. The molecule has 0 saturated carbocycles. The second-order valence-corrected chi connectivity index (χ2v) is 12.0. The number of sulfonamides is 1. The summed E-state index contributed by atoms with van der Waals surface area (Å²) in [5.41, 5.74) is 2.48. The van der Waals surface area contributed by atoms with Crippen LogP contribution in [0.3, 0.4) is 0 Å². The summed E-state index contributed by atoms with van der Waals surface area (Å²) in [5, 5.41) is 2.73. The lowest BCUT2D eigenvalue weighted by molar-refractivity contribution is -0.160. The second kappa shape index (κ2) is 15.5. The second-order valence-electron chi connectivity index (χ2n) is 9.32. The van der Waals surface area contributed by atoms with Gasteiger partial charge in [-0.05, 0) is 48.7 Å². The number of halogens is 3. The first kappa shape index (κ1) is 33.6. The van der Waals surface area contributed by atoms with Crippen LogP contribution in [0.15, 0.2) is 83.8 Å². The zero-order chi connectivity index (χ0) is 31.5. The van der Waals surface area contributed by atoms with E-state index in [0.717, 1.165) is 11.1 Å². The van der Waals surface area contributed by atoms with E-state index in [0.29, 0.717) is 17.9 Å². The first-order valence-corrected chi connectivity index (χ1v) is 15.4. The van der Waals surface area contributed by atoms with Gasteiger partial charge in [-0.15, -0.1) is 0 Å². The minimum atomic E-state index is -5.05. The number of amides is 2. The fourth-order valence-electron chi connectivity index (χ4n) is 3.63. The minimum Gasteiger partial charge on any atom is -0.489 e. The van der Waals surface area contributed by atoms with Crippen LogP contribution in [0.2, 0.25) is 0 Å². The quantitative estimate of drug-likeness (QED) is 0.231. The maximum atomic E-state index is 13.1. The third-order valence-electron chi connectivity index (χ3n) is 5.87. The third-order valence-corrected chi connectivity index (χ3v) is 8.26. The molecule has 0 aliphatic rings. The van der Waals surface area contributed by atoms with Crippen molar-refractivity contribution in [3.8, 4) is 5.75 Å². The van der Waals surface area contributed by atoms with Crippen LogP contribution in [0.5, 0.6) is 5.75 Å². The van der Waals surface area contributed by atoms with Gasteiger partial charge in [-0.25, -0.2) is 8.42 Å². The number of hydrogen-bond acceptors (Lipinski definition) is 7. The van der Waals surface area contributed by atoms with Crippen LogP contribution in [0.1, 0.15) is 16.7 Å². The summed E-state index contributed by atoms with van der Waals surface area (Å²) in [4.78, 5) is 35.7. The molecule has 0 aromatic heterocycles. The monoisotopic (exact) mass is 637 g/mol. The minimum absolute atomic E-state index is 0.0154. The van der Waals surface area contributed by atoms with Gasteiger partial charge in [-0.2, -0.15) is 17.9 Å². The Labute approximate surface area is 251 Å². The van der Waals surface area contributed by atoms with Gasteiger partial charge in [0.15, 0.2) is 0 Å². The van der Waals surface area contributed by atoms with Gasteiger partial charge >= 0.3 is 6.18 Å². The average Bonchev–Trinajstić information content (AvgIpc) is 2.97. The van der Waals surface area contributed by atoms with Crippen molar-refractivity contribution in [2.24, 2.45) is 0 Å². The van der Waals surface area contributed by atoms with Crippen molar-refractivity contribution in [3.63, 3.8) is 0 Å². The van der Waals surface area contributed by atoms with E-state index in [-0.39, 0.29) is 36.2 Å². The average molecular weight is 638 g/mol. The van der Waals surface area contributed by atoms with Gasteiger partial charge in [0, 0.05) is 13.1 Å². The molecule has 14 heteroatoms. The third kappa shape index (κ3) is 11.4. The van der Waals surface area contributed by atoms with Crippen LogP contribution < -0.4 is 20.1 Å². The zero-order valence-corrected chi connectivity index (χ0v) is 24.7. The van der Waals surface area contributed by atoms with Crippen LogP contribution >= 0.6 is 11.8 Å². The highest BCUT2D eigenvalue weighted by molar-refractivity contribution is 8.14. The number of alkyl halides is 3. The molecule has 0 aliphatic carbocycles. The molecule has 0 bridgehead atoms. The van der Waals surface area contributed by atoms with E-state index in [2.05, 4.69) is 15.4 Å². The van der Waals surface area contributed by atoms with Crippen molar-refractivity contribution in [1.29, 1.82) is 0 Å². The molecule has 9 nitrogen and oxygen atoms in total. The van der Waals surface area contributed by atoms with Crippen molar-refractivity contribution in [1.82, 2.24) is 15.4 Å². The molecule has 0 aliphatic heterocycles. The standard InChI is InChI=1S/C29H30F3N3O6S2/c1-20-7-13-24(14-8-20)43(39,40)35-25(27(37)34-16-15-33-26(36)19-42-28(38)29(30,31)32)17-21-9-11-23(12-10-21)41-18-22-5-3-2-4-6-22/h2-14,25,35H,15-19H2,1H3,(H,33,36)(H,34,37). The normalized spacial score (nSPS) is 12.3. The predicted octanol–water partition coefficient (Wildman–Crippen LogP) is 3.52. The summed E-state index contributed by atoms with van der Waals surface area (Å²) < 4.78 is 71.2. The molecule has 0 spiro atoms. The van der Waals surface area contributed by atoms with Crippen LogP contribution in [-0.4, -0.2) is 56.4 Å². The molecule has 230 valence electrons. The molecular formula is C29H30F3N3O6S2. The highest BCUT2D eigenvalue weighted by Crippen LogP contribution is 2.23. The maximum absolute atomic E-state index is 13.1. The molecule has 3 aromatic rings. The SMILES string of the molecule is Cc1ccc(S(=O)(=O)NC(Cc2ccc(OCc3ccccc3)cc2)C(=O)NCCNC(=O)CSC(=O)C(F)(F)F)cc1. The van der Waals surface area contributed by atoms with E-state index in [1.165, 1.54) is 12.1 Å². The molecule has 3 N–H and O–H groups in total. The van der Waals surface area contributed by atoms with Gasteiger partial charge in [-0.3, -0.25) is 14.4 Å². The smallest absolute Gasteiger partial charge is 0.460 e. The van der Waals surface area contributed by atoms with Gasteiger partial charge in [-0.1, -0.05) is 71.9 Å². The summed E-state index contributed by atoms with van der Waals surface area (Å²) in [7, 11) is -4.09. The Balaban J connectivity index is 1.61. The van der Waals surface area contributed by atoms with E-state index >= 15 is 0 Å². The lowest BCUT2D eigenvalue weighted by atomic mass is 10.1. The van der Waals surface area contributed by atoms with E-state index in [1.54, 1.807) is 43.3 Å². The molecule has 0 fully saturated rings. The summed E-state index contributed by atoms with van der Waals surface area (Å²) in [6, 6.07) is 21.2. The summed E-state index contributed by atoms with van der Waals surface area (Å²) >= 11 is -0.179. The summed E-state index contributed by atoms with van der Waals surface area (Å²) in [6.45, 7) is 1.86. The number of benzene rings is 3. The lowest BCUT2D eigenvalue weighted by Gasteiger charge is -2.19. The van der Waals surface area contributed by atoms with Crippen molar-refractivity contribution in [2.45, 2.75) is 37.1 Å². The van der Waals surface area contributed by atoms with Gasteiger partial charge in [0.25, 0.3) is 5.12 Å². The largest absolute Gasteiger partial charge is 0.489 e. The van der Waals surface area contributed by atoms with E-state index in [9.17, 15) is 36.0 Å². The molecular weight excluding hydrogens is 607 g/mol. The van der Waals surface area contributed by atoms with Crippen LogP contribution in [-0.2, 0) is 37.4 Å². The van der Waals surface area contributed by atoms with E-state index in [1.807, 2.05) is 30.3 Å². The van der Waals surface area contributed by atoms with E-state index < -0.39 is 44.9 Å². The predicted molar refractivity (Wildman–Crippen MR) is 156 cm³/mol. The first-order chi connectivity index (χ1) is 20.3. The molecule has 3 rings (SSSR count). The Kier molecular flexibility index (Phi) is 12.2. The van der Waals surface area contributed by atoms with Gasteiger partial charge in [0.05, 0.1) is 10.6 Å². The summed E-state index contributed by atoms with van der Waals surface area (Å²) in [6.07, 6.45) is -5.06. The zero-order valence-electron chi connectivity index (χ0n) is 23.0. The van der Waals surface area contributed by atoms with Crippen molar-refractivity contribution in [2.75, 3.05) is 18.8 Å². The lowest BCUT2D eigenvalue weighted by Crippen LogP contribution is -2.49. The fraction of sp³-hybridized carbons (Fsp3) is 0.276. The topological polar surface area (TPSA) is 131 Å². The summed E-state index contributed by atoms with van der Waals surface area (Å²) in [5.74, 6) is -1.67. The molecule has 3 aromatic carbocycles. The number of ether oxygens (including phenoxy) is 1. The highest BCUT2D eigenvalue weighted by atomic mass is 32.2. The van der Waals surface area contributed by atoms with Crippen LogP contribution in [0.4, 0.5) is 13.2 Å². The van der Waals surface area contributed by atoms with Crippen molar-refractivity contribution < 1.29 is 40.7 Å². The Morgan fingerprint density at radius 1 is 0.860 bits per heavy atom. The number of carbonyl (C=O) groups is 3. The van der Waals surface area contributed by atoms with Crippen molar-refractivity contribution in [3.05, 3.63) is 95.6 Å². The molecule has 0 saturated heterocycles. The fourth-order valence-corrected chi connectivity index (χ4v) is 5.36. The number of aryl methyl sites for hydroxylation is 1. The molecule has 1 atom stereocenters. The Morgan fingerprint density at radius 2 is 1.49 bits per heavy atom. The van der Waals surface area contributed by atoms with Gasteiger partial charge in [0.1, 0.15) is 18.4 Å². The maximum Gasteiger partial charge on any atom is 0.460 e.